The normalized spacial score (nSPS) is 25.3. The van der Waals surface area contributed by atoms with Crippen molar-refractivity contribution in [2.45, 2.75) is 70.1 Å². The number of H-pyrrole nitrogens is 1. The van der Waals surface area contributed by atoms with Gasteiger partial charge >= 0.3 is 5.97 Å². The third-order valence-electron chi connectivity index (χ3n) is 5.73. The number of aromatic amines is 1. The number of hydrogen-bond acceptors (Lipinski definition) is 6. The number of fused-ring (bicyclic) bond motifs is 3. The second-order valence-corrected chi connectivity index (χ2v) is 10.1. The summed E-state index contributed by atoms with van der Waals surface area (Å²) in [7, 11) is 0. The number of esters is 1. The molecule has 0 amide bonds. The summed E-state index contributed by atoms with van der Waals surface area (Å²) in [6, 6.07) is 0. The van der Waals surface area contributed by atoms with E-state index in [9.17, 15) is 9.59 Å². The summed E-state index contributed by atoms with van der Waals surface area (Å²) in [4.78, 5) is 34.3. The number of rotatable bonds is 4. The third-order valence-corrected chi connectivity index (χ3v) is 7.73. The number of carbonyl (C=O) groups is 1. The van der Waals surface area contributed by atoms with E-state index in [4.69, 9.17) is 4.74 Å². The van der Waals surface area contributed by atoms with Crippen molar-refractivity contribution in [3.05, 3.63) is 20.8 Å². The zero-order valence-corrected chi connectivity index (χ0v) is 17.5. The largest absolute Gasteiger partial charge is 0.462 e. The lowest BCUT2D eigenvalue weighted by atomic mass is 9.89. The fraction of sp³-hybridized carbons (Fsp3) is 0.650. The summed E-state index contributed by atoms with van der Waals surface area (Å²) >= 11 is 2.89. The van der Waals surface area contributed by atoms with E-state index >= 15 is 0 Å². The molecule has 1 unspecified atom stereocenters. The van der Waals surface area contributed by atoms with Crippen LogP contribution in [0.2, 0.25) is 0 Å². The number of nitrogens with one attached hydrogen (secondary N) is 1. The van der Waals surface area contributed by atoms with E-state index in [1.807, 2.05) is 0 Å². The Morgan fingerprint density at radius 3 is 2.78 bits per heavy atom. The molecule has 1 N–H and O–H groups in total. The van der Waals surface area contributed by atoms with Crippen LogP contribution in [0.5, 0.6) is 0 Å². The minimum Gasteiger partial charge on any atom is -0.462 e. The fourth-order valence-electron chi connectivity index (χ4n) is 4.09. The standard InChI is InChI=1S/C20H26N2O3S2/c1-11-3-6-13(7-4-11)25-16(23)10-26-20-21-18(24)17-14-8-5-12(2)9-15(14)27-19(17)22-20/h11-13H,3-10H2,1-2H3,(H,21,22,24). The molecular weight excluding hydrogens is 380 g/mol. The molecule has 27 heavy (non-hydrogen) atoms. The molecule has 2 aliphatic carbocycles. The topological polar surface area (TPSA) is 72.0 Å². The van der Waals surface area contributed by atoms with Crippen molar-refractivity contribution >= 4 is 39.3 Å². The monoisotopic (exact) mass is 406 g/mol. The Labute approximate surface area is 167 Å². The molecule has 0 bridgehead atoms. The molecule has 1 atom stereocenters. The number of aromatic nitrogens is 2. The number of thiophene rings is 1. The van der Waals surface area contributed by atoms with E-state index in [-0.39, 0.29) is 23.4 Å². The Bertz CT molecular complexity index is 896. The highest BCUT2D eigenvalue weighted by atomic mass is 32.2. The quantitative estimate of drug-likeness (QED) is 0.465. The molecule has 0 aromatic carbocycles. The Morgan fingerprint density at radius 2 is 2.00 bits per heavy atom. The molecular formula is C20H26N2O3S2. The molecule has 2 aromatic heterocycles. The summed E-state index contributed by atoms with van der Waals surface area (Å²) in [5, 5.41) is 1.26. The van der Waals surface area contributed by atoms with Crippen molar-refractivity contribution in [1.82, 2.24) is 9.97 Å². The Hall–Kier alpha value is -1.34. The minimum absolute atomic E-state index is 0.0507. The summed E-state index contributed by atoms with van der Waals surface area (Å²) < 4.78 is 5.58. The molecule has 5 nitrogen and oxygen atoms in total. The van der Waals surface area contributed by atoms with Gasteiger partial charge in [0.15, 0.2) is 5.16 Å². The van der Waals surface area contributed by atoms with Crippen LogP contribution >= 0.6 is 23.1 Å². The number of hydrogen-bond donors (Lipinski definition) is 1. The highest BCUT2D eigenvalue weighted by molar-refractivity contribution is 7.99. The highest BCUT2D eigenvalue weighted by Crippen LogP contribution is 2.36. The molecule has 0 spiro atoms. The van der Waals surface area contributed by atoms with Crippen LogP contribution in [0.3, 0.4) is 0 Å². The van der Waals surface area contributed by atoms with Crippen molar-refractivity contribution in [3.8, 4) is 0 Å². The molecule has 2 heterocycles. The summed E-state index contributed by atoms with van der Waals surface area (Å²) in [6.45, 7) is 4.50. The molecule has 1 fully saturated rings. The average molecular weight is 407 g/mol. The molecule has 0 radical (unpaired) electrons. The molecule has 146 valence electrons. The van der Waals surface area contributed by atoms with Gasteiger partial charge in [0.25, 0.3) is 5.56 Å². The Balaban J connectivity index is 1.42. The van der Waals surface area contributed by atoms with Gasteiger partial charge in [0.2, 0.25) is 0 Å². The van der Waals surface area contributed by atoms with Gasteiger partial charge in [-0.2, -0.15) is 0 Å². The second kappa shape index (κ2) is 7.95. The molecule has 7 heteroatoms. The lowest BCUT2D eigenvalue weighted by molar-refractivity contribution is -0.147. The van der Waals surface area contributed by atoms with E-state index in [0.29, 0.717) is 11.1 Å². The zero-order chi connectivity index (χ0) is 19.0. The van der Waals surface area contributed by atoms with Crippen molar-refractivity contribution in [3.63, 3.8) is 0 Å². The predicted octanol–water partition coefficient (Wildman–Crippen LogP) is 4.32. The lowest BCUT2D eigenvalue weighted by Gasteiger charge is -2.25. The van der Waals surface area contributed by atoms with Crippen LogP contribution in [-0.4, -0.2) is 27.8 Å². The predicted molar refractivity (Wildman–Crippen MR) is 110 cm³/mol. The first-order valence-electron chi connectivity index (χ1n) is 9.86. The van der Waals surface area contributed by atoms with Gasteiger partial charge in [-0.1, -0.05) is 25.6 Å². The zero-order valence-electron chi connectivity index (χ0n) is 15.9. The van der Waals surface area contributed by atoms with Crippen molar-refractivity contribution in [2.75, 3.05) is 5.75 Å². The highest BCUT2D eigenvalue weighted by Gasteiger charge is 2.24. The smallest absolute Gasteiger partial charge is 0.316 e. The lowest BCUT2D eigenvalue weighted by Crippen LogP contribution is -2.24. The van der Waals surface area contributed by atoms with Crippen LogP contribution < -0.4 is 5.56 Å². The number of aryl methyl sites for hydroxylation is 1. The van der Waals surface area contributed by atoms with Crippen molar-refractivity contribution < 1.29 is 9.53 Å². The van der Waals surface area contributed by atoms with Gasteiger partial charge in [0.05, 0.1) is 11.1 Å². The van der Waals surface area contributed by atoms with Gasteiger partial charge in [-0.3, -0.25) is 9.59 Å². The van der Waals surface area contributed by atoms with Crippen LogP contribution in [0.4, 0.5) is 0 Å². The van der Waals surface area contributed by atoms with E-state index in [1.165, 1.54) is 22.2 Å². The van der Waals surface area contributed by atoms with Gasteiger partial charge in [-0.05, 0) is 62.3 Å². The molecule has 1 saturated carbocycles. The van der Waals surface area contributed by atoms with Crippen LogP contribution in [0.1, 0.15) is 56.4 Å². The van der Waals surface area contributed by atoms with Gasteiger partial charge in [0, 0.05) is 4.88 Å². The molecule has 4 rings (SSSR count). The van der Waals surface area contributed by atoms with Crippen LogP contribution in [0, 0.1) is 11.8 Å². The maximum atomic E-state index is 12.6. The SMILES string of the molecule is CC1CCC(OC(=O)CSc2nc3sc4c(c3c(=O)[nH]2)CCC(C)C4)CC1. The van der Waals surface area contributed by atoms with Crippen LogP contribution in [0.25, 0.3) is 10.2 Å². The number of ether oxygens (including phenoxy) is 1. The van der Waals surface area contributed by atoms with E-state index in [0.717, 1.165) is 61.1 Å². The summed E-state index contributed by atoms with van der Waals surface area (Å²) in [5.74, 6) is 1.36. The van der Waals surface area contributed by atoms with Gasteiger partial charge in [-0.15, -0.1) is 11.3 Å². The van der Waals surface area contributed by atoms with Crippen LogP contribution in [-0.2, 0) is 22.4 Å². The molecule has 0 saturated heterocycles. The second-order valence-electron chi connectivity index (χ2n) is 8.06. The molecule has 2 aliphatic rings. The maximum absolute atomic E-state index is 12.6. The minimum atomic E-state index is -0.221. The van der Waals surface area contributed by atoms with E-state index in [2.05, 4.69) is 23.8 Å². The summed E-state index contributed by atoms with van der Waals surface area (Å²) in [6.07, 6.45) is 7.33. The first kappa shape index (κ1) is 19.0. The maximum Gasteiger partial charge on any atom is 0.316 e. The number of nitrogens with zero attached hydrogens (tertiary/aromatic N) is 1. The van der Waals surface area contributed by atoms with E-state index in [1.54, 1.807) is 11.3 Å². The van der Waals surface area contributed by atoms with Crippen molar-refractivity contribution in [1.29, 1.82) is 0 Å². The Morgan fingerprint density at radius 1 is 1.22 bits per heavy atom. The molecule has 2 aromatic rings. The van der Waals surface area contributed by atoms with E-state index < -0.39 is 0 Å². The van der Waals surface area contributed by atoms with Crippen LogP contribution in [0.15, 0.2) is 9.95 Å². The van der Waals surface area contributed by atoms with Crippen molar-refractivity contribution in [2.24, 2.45) is 11.8 Å². The third kappa shape index (κ3) is 4.24. The first-order valence-corrected chi connectivity index (χ1v) is 11.7. The molecule has 0 aliphatic heterocycles. The van der Waals surface area contributed by atoms with Gasteiger partial charge in [-0.25, -0.2) is 4.98 Å². The van der Waals surface area contributed by atoms with Gasteiger partial charge in [0.1, 0.15) is 10.9 Å². The van der Waals surface area contributed by atoms with Gasteiger partial charge < -0.3 is 9.72 Å². The Kier molecular flexibility index (Phi) is 5.60. The summed E-state index contributed by atoms with van der Waals surface area (Å²) in [5.41, 5.74) is 1.11. The fourth-order valence-corrected chi connectivity index (χ4v) is 6.18. The first-order chi connectivity index (χ1) is 13.0. The number of carbonyl (C=O) groups excluding carboxylic acids is 1. The number of thioether (sulfide) groups is 1. The average Bonchev–Trinajstić information content (AvgIpc) is 2.99.